The number of nitrogens with zero attached hydrogens (tertiary/aromatic N) is 6. The van der Waals surface area contributed by atoms with Gasteiger partial charge in [-0.15, -0.1) is 5.10 Å². The first-order valence-electron chi connectivity index (χ1n) is 11.4. The van der Waals surface area contributed by atoms with Crippen LogP contribution < -0.4 is 0 Å². The Morgan fingerprint density at radius 1 is 0.969 bits per heavy atom. The second kappa shape index (κ2) is 9.38. The Labute approximate surface area is 193 Å². The Morgan fingerprint density at radius 2 is 1.72 bits per heavy atom. The van der Waals surface area contributed by atoms with Crippen molar-refractivity contribution < 1.29 is 4.79 Å². The lowest BCUT2D eigenvalue weighted by Crippen LogP contribution is -2.48. The number of aromatic nitrogens is 4. The molecule has 0 saturated carbocycles. The van der Waals surface area contributed by atoms with Crippen LogP contribution in [0.1, 0.15) is 42.6 Å². The summed E-state index contributed by atoms with van der Waals surface area (Å²) in [5.74, 6) is -0.0684. The van der Waals surface area contributed by atoms with E-state index >= 15 is 0 Å². The fourth-order valence-electron chi connectivity index (χ4n) is 4.82. The van der Waals surface area contributed by atoms with Crippen LogP contribution in [0.5, 0.6) is 0 Å². The van der Waals surface area contributed by atoms with E-state index in [4.69, 9.17) is 11.6 Å². The summed E-state index contributed by atoms with van der Waals surface area (Å²) >= 11 is 6.06. The fraction of sp³-hybridized carbons (Fsp3) is 0.417. The van der Waals surface area contributed by atoms with E-state index < -0.39 is 0 Å². The molecule has 1 amide bonds. The molecule has 2 aliphatic heterocycles. The number of hydrogen-bond acceptors (Lipinski definition) is 5. The summed E-state index contributed by atoms with van der Waals surface area (Å²) in [6.07, 6.45) is 9.41. The van der Waals surface area contributed by atoms with Gasteiger partial charge in [-0.25, -0.2) is 4.68 Å². The van der Waals surface area contributed by atoms with Gasteiger partial charge in [0.05, 0.1) is 5.69 Å². The van der Waals surface area contributed by atoms with Gasteiger partial charge in [0.2, 0.25) is 0 Å². The minimum Gasteiger partial charge on any atom is -0.337 e. The summed E-state index contributed by atoms with van der Waals surface area (Å²) in [7, 11) is 0. The van der Waals surface area contributed by atoms with Gasteiger partial charge in [0.15, 0.2) is 5.69 Å². The highest BCUT2D eigenvalue weighted by molar-refractivity contribution is 6.30. The Kier molecular flexibility index (Phi) is 6.19. The first kappa shape index (κ1) is 21.1. The number of rotatable bonds is 4. The molecule has 7 nitrogen and oxygen atoms in total. The molecule has 2 aliphatic rings. The normalized spacial score (nSPS) is 18.1. The second-order valence-electron chi connectivity index (χ2n) is 8.54. The number of hydrogen-bond donors (Lipinski definition) is 0. The summed E-state index contributed by atoms with van der Waals surface area (Å²) in [6.45, 7) is 3.89. The molecule has 0 atom stereocenters. The minimum atomic E-state index is -0.0684. The molecule has 32 heavy (non-hydrogen) atoms. The third kappa shape index (κ3) is 4.27. The van der Waals surface area contributed by atoms with Gasteiger partial charge in [-0.1, -0.05) is 23.2 Å². The van der Waals surface area contributed by atoms with Crippen LogP contribution in [0, 0.1) is 0 Å². The van der Waals surface area contributed by atoms with Crippen molar-refractivity contribution in [2.45, 2.75) is 38.1 Å². The van der Waals surface area contributed by atoms with Crippen molar-refractivity contribution in [1.29, 1.82) is 0 Å². The molecule has 1 aromatic carbocycles. The molecule has 0 bridgehead atoms. The van der Waals surface area contributed by atoms with Crippen molar-refractivity contribution in [3.05, 3.63) is 59.5 Å². The standard InChI is InChI=1S/C24H27ClN6O/c25-19-6-8-21(9-7-19)31-23(18-5-4-12-26-17-18)22(27-28-31)24(32)30-15-10-20(11-16-30)29-13-2-1-3-14-29/h4-9,12,17,20H,1-3,10-11,13-16H2. The molecule has 2 saturated heterocycles. The Balaban J connectivity index is 1.41. The van der Waals surface area contributed by atoms with Crippen molar-refractivity contribution in [2.75, 3.05) is 26.2 Å². The number of benzene rings is 1. The van der Waals surface area contributed by atoms with Crippen molar-refractivity contribution >= 4 is 17.5 Å². The lowest BCUT2D eigenvalue weighted by atomic mass is 9.99. The number of piperidine rings is 2. The molecule has 8 heteroatoms. The Bertz CT molecular complexity index is 1050. The number of likely N-dealkylation sites (tertiary alicyclic amines) is 2. The van der Waals surface area contributed by atoms with Crippen LogP contribution in [0.25, 0.3) is 16.9 Å². The molecule has 0 N–H and O–H groups in total. The molecule has 166 valence electrons. The van der Waals surface area contributed by atoms with Crippen LogP contribution in [-0.2, 0) is 0 Å². The summed E-state index contributed by atoms with van der Waals surface area (Å²) < 4.78 is 1.70. The van der Waals surface area contributed by atoms with Crippen LogP contribution in [0.3, 0.4) is 0 Å². The van der Waals surface area contributed by atoms with E-state index in [1.165, 1.54) is 32.4 Å². The van der Waals surface area contributed by atoms with Gasteiger partial charge in [-0.2, -0.15) is 0 Å². The monoisotopic (exact) mass is 450 g/mol. The van der Waals surface area contributed by atoms with Crippen LogP contribution >= 0.6 is 11.6 Å². The lowest BCUT2D eigenvalue weighted by molar-refractivity contribution is 0.0585. The van der Waals surface area contributed by atoms with E-state index in [2.05, 4.69) is 20.2 Å². The maximum Gasteiger partial charge on any atom is 0.276 e. The molecule has 4 heterocycles. The van der Waals surface area contributed by atoms with Gasteiger partial charge in [-0.3, -0.25) is 9.78 Å². The predicted octanol–water partition coefficient (Wildman–Crippen LogP) is 4.07. The average molecular weight is 451 g/mol. The zero-order chi connectivity index (χ0) is 21.9. The largest absolute Gasteiger partial charge is 0.337 e. The van der Waals surface area contributed by atoms with Crippen LogP contribution in [-0.4, -0.2) is 67.9 Å². The van der Waals surface area contributed by atoms with E-state index in [-0.39, 0.29) is 5.91 Å². The van der Waals surface area contributed by atoms with Crippen LogP contribution in [0.2, 0.25) is 5.02 Å². The molecular formula is C24H27ClN6O. The first-order valence-corrected chi connectivity index (χ1v) is 11.7. The van der Waals surface area contributed by atoms with Gasteiger partial charge in [0.25, 0.3) is 5.91 Å². The number of pyridine rings is 1. The Morgan fingerprint density at radius 3 is 2.41 bits per heavy atom. The maximum atomic E-state index is 13.5. The van der Waals surface area contributed by atoms with Gasteiger partial charge >= 0.3 is 0 Å². The van der Waals surface area contributed by atoms with Crippen LogP contribution in [0.15, 0.2) is 48.8 Å². The lowest BCUT2D eigenvalue weighted by Gasteiger charge is -2.40. The molecule has 3 aromatic rings. The van der Waals surface area contributed by atoms with E-state index in [0.29, 0.717) is 22.5 Å². The van der Waals surface area contributed by atoms with Crippen molar-refractivity contribution in [2.24, 2.45) is 0 Å². The average Bonchev–Trinajstić information content (AvgIpc) is 3.30. The molecule has 2 fully saturated rings. The number of amides is 1. The van der Waals surface area contributed by atoms with Crippen molar-refractivity contribution in [3.8, 4) is 16.9 Å². The number of carbonyl (C=O) groups is 1. The van der Waals surface area contributed by atoms with E-state index in [0.717, 1.165) is 37.2 Å². The third-order valence-electron chi connectivity index (χ3n) is 6.54. The summed E-state index contributed by atoms with van der Waals surface area (Å²) in [6, 6.07) is 11.7. The van der Waals surface area contributed by atoms with E-state index in [1.807, 2.05) is 29.2 Å². The van der Waals surface area contributed by atoms with Gasteiger partial charge in [-0.05, 0) is 75.2 Å². The Hall–Kier alpha value is -2.77. The second-order valence-corrected chi connectivity index (χ2v) is 8.97. The molecule has 0 unspecified atom stereocenters. The third-order valence-corrected chi connectivity index (χ3v) is 6.79. The number of carbonyl (C=O) groups excluding carboxylic acids is 1. The molecule has 0 spiro atoms. The predicted molar refractivity (Wildman–Crippen MR) is 124 cm³/mol. The first-order chi connectivity index (χ1) is 15.7. The molecular weight excluding hydrogens is 424 g/mol. The highest BCUT2D eigenvalue weighted by Gasteiger charge is 2.31. The van der Waals surface area contributed by atoms with Crippen LogP contribution in [0.4, 0.5) is 0 Å². The van der Waals surface area contributed by atoms with Crippen molar-refractivity contribution in [3.63, 3.8) is 0 Å². The molecule has 5 rings (SSSR count). The van der Waals surface area contributed by atoms with Gasteiger partial charge in [0, 0.05) is 42.1 Å². The maximum absolute atomic E-state index is 13.5. The summed E-state index contributed by atoms with van der Waals surface area (Å²) in [4.78, 5) is 22.3. The molecule has 2 aromatic heterocycles. The minimum absolute atomic E-state index is 0.0684. The van der Waals surface area contributed by atoms with Crippen molar-refractivity contribution in [1.82, 2.24) is 29.8 Å². The van der Waals surface area contributed by atoms with Gasteiger partial charge in [0.1, 0.15) is 5.69 Å². The van der Waals surface area contributed by atoms with E-state index in [9.17, 15) is 4.79 Å². The quantitative estimate of drug-likeness (QED) is 0.599. The smallest absolute Gasteiger partial charge is 0.276 e. The zero-order valence-electron chi connectivity index (χ0n) is 18.0. The summed E-state index contributed by atoms with van der Waals surface area (Å²) in [5, 5.41) is 9.31. The highest BCUT2D eigenvalue weighted by atomic mass is 35.5. The van der Waals surface area contributed by atoms with E-state index in [1.54, 1.807) is 29.2 Å². The summed E-state index contributed by atoms with van der Waals surface area (Å²) in [5.41, 5.74) is 2.62. The SMILES string of the molecule is O=C(c1nnn(-c2ccc(Cl)cc2)c1-c1cccnc1)N1CCC(N2CCCCC2)CC1. The molecule has 0 radical (unpaired) electrons. The van der Waals surface area contributed by atoms with Gasteiger partial charge < -0.3 is 9.80 Å². The highest BCUT2D eigenvalue weighted by Crippen LogP contribution is 2.28. The zero-order valence-corrected chi connectivity index (χ0v) is 18.8. The molecule has 0 aliphatic carbocycles. The number of halogens is 1. The topological polar surface area (TPSA) is 67.2 Å². The fourth-order valence-corrected chi connectivity index (χ4v) is 4.94.